The number of nitrogens with zero attached hydrogens (tertiary/aromatic N) is 1. The molecule has 2 aromatic rings. The minimum absolute atomic E-state index is 0.0905. The van der Waals surface area contributed by atoms with E-state index in [2.05, 4.69) is 0 Å². The molecule has 1 aliphatic heterocycles. The molecule has 2 amide bonds. The van der Waals surface area contributed by atoms with Crippen LogP contribution in [0.25, 0.3) is 10.8 Å². The lowest BCUT2D eigenvalue weighted by Gasteiger charge is -2.23. The third-order valence-corrected chi connectivity index (χ3v) is 3.40. The molecule has 1 heterocycles. The van der Waals surface area contributed by atoms with Gasteiger partial charge in [-0.15, -0.1) is 5.06 Å². The van der Waals surface area contributed by atoms with Crippen molar-refractivity contribution in [2.45, 2.75) is 13.3 Å². The third kappa shape index (κ3) is 1.64. The van der Waals surface area contributed by atoms with E-state index in [0.29, 0.717) is 10.9 Å². The van der Waals surface area contributed by atoms with Crippen molar-refractivity contribution in [1.29, 1.82) is 0 Å². The number of hydroxylamine groups is 2. The Hall–Kier alpha value is -2.53. The molecular weight excluding hydrogens is 258 g/mol. The molecule has 100 valence electrons. The van der Waals surface area contributed by atoms with Gasteiger partial charge in [-0.05, 0) is 23.9 Å². The third-order valence-electron chi connectivity index (χ3n) is 3.40. The maximum absolute atomic E-state index is 12.2. The molecule has 0 bridgehead atoms. The second-order valence-corrected chi connectivity index (χ2v) is 4.80. The summed E-state index contributed by atoms with van der Waals surface area (Å²) in [5.74, 6) is -1.61. The van der Waals surface area contributed by atoms with Gasteiger partial charge >= 0.3 is 0 Å². The van der Waals surface area contributed by atoms with Gasteiger partial charge in [0.1, 0.15) is 5.78 Å². The van der Waals surface area contributed by atoms with E-state index in [1.54, 1.807) is 30.3 Å². The molecular formula is C15H11NO4. The van der Waals surface area contributed by atoms with E-state index in [9.17, 15) is 19.6 Å². The maximum Gasteiger partial charge on any atom is 0.285 e. The number of hydrogen-bond donors (Lipinski definition) is 1. The van der Waals surface area contributed by atoms with Crippen molar-refractivity contribution in [2.75, 3.05) is 0 Å². The van der Waals surface area contributed by atoms with Crippen molar-refractivity contribution in [2.24, 2.45) is 0 Å². The van der Waals surface area contributed by atoms with E-state index in [1.807, 2.05) is 0 Å². The van der Waals surface area contributed by atoms with Crippen LogP contribution in [0.2, 0.25) is 0 Å². The Morgan fingerprint density at radius 2 is 1.90 bits per heavy atom. The fourth-order valence-corrected chi connectivity index (χ4v) is 2.57. The molecule has 0 radical (unpaired) electrons. The smallest absolute Gasteiger partial charge is 0.285 e. The monoisotopic (exact) mass is 269 g/mol. The molecule has 0 saturated heterocycles. The zero-order chi connectivity index (χ0) is 14.4. The highest BCUT2D eigenvalue weighted by atomic mass is 16.5. The summed E-state index contributed by atoms with van der Waals surface area (Å²) in [6.07, 6.45) is 0.0907. The first-order valence-electron chi connectivity index (χ1n) is 6.12. The average molecular weight is 269 g/mol. The van der Waals surface area contributed by atoms with Gasteiger partial charge in [0.25, 0.3) is 11.8 Å². The van der Waals surface area contributed by atoms with Crippen LogP contribution in [0.5, 0.6) is 0 Å². The Balaban J connectivity index is 2.41. The van der Waals surface area contributed by atoms with Crippen molar-refractivity contribution in [3.8, 4) is 0 Å². The summed E-state index contributed by atoms with van der Waals surface area (Å²) in [5, 5.41) is 11.0. The van der Waals surface area contributed by atoms with Crippen LogP contribution in [-0.2, 0) is 11.2 Å². The zero-order valence-corrected chi connectivity index (χ0v) is 10.7. The molecule has 1 aliphatic rings. The minimum Gasteiger partial charge on any atom is -0.300 e. The number of amides is 2. The predicted molar refractivity (Wildman–Crippen MR) is 70.6 cm³/mol. The van der Waals surface area contributed by atoms with Gasteiger partial charge in [0.05, 0.1) is 11.1 Å². The SMILES string of the molecule is CC(=O)Cc1ccc2cccc3c2c1C(=O)N(O)C3=O. The van der Waals surface area contributed by atoms with Crippen LogP contribution < -0.4 is 0 Å². The van der Waals surface area contributed by atoms with Crippen LogP contribution >= 0.6 is 0 Å². The van der Waals surface area contributed by atoms with E-state index in [1.165, 1.54) is 6.92 Å². The highest BCUT2D eigenvalue weighted by Crippen LogP contribution is 2.32. The molecule has 0 aromatic heterocycles. The second kappa shape index (κ2) is 4.25. The standard InChI is InChI=1S/C15H11NO4/c1-8(17)7-10-6-5-9-3-2-4-11-12(9)13(10)15(19)16(20)14(11)18/h2-6,20H,7H2,1H3. The van der Waals surface area contributed by atoms with Gasteiger partial charge in [0, 0.05) is 11.8 Å². The Bertz CT molecular complexity index is 779. The van der Waals surface area contributed by atoms with Gasteiger partial charge in [0.15, 0.2) is 0 Å². The van der Waals surface area contributed by atoms with Crippen molar-refractivity contribution in [3.05, 3.63) is 47.0 Å². The van der Waals surface area contributed by atoms with Gasteiger partial charge in [-0.2, -0.15) is 0 Å². The molecule has 20 heavy (non-hydrogen) atoms. The molecule has 0 unspecified atom stereocenters. The highest BCUT2D eigenvalue weighted by Gasteiger charge is 2.33. The normalized spacial score (nSPS) is 14.0. The fraction of sp³-hybridized carbons (Fsp3) is 0.133. The first kappa shape index (κ1) is 12.5. The summed E-state index contributed by atoms with van der Waals surface area (Å²) in [4.78, 5) is 35.4. The highest BCUT2D eigenvalue weighted by molar-refractivity contribution is 6.25. The molecule has 1 N–H and O–H groups in total. The van der Waals surface area contributed by atoms with Crippen molar-refractivity contribution < 1.29 is 19.6 Å². The summed E-state index contributed by atoms with van der Waals surface area (Å²) in [5.41, 5.74) is 1.02. The van der Waals surface area contributed by atoms with E-state index < -0.39 is 11.8 Å². The fourth-order valence-electron chi connectivity index (χ4n) is 2.57. The molecule has 0 atom stereocenters. The van der Waals surface area contributed by atoms with Crippen molar-refractivity contribution in [3.63, 3.8) is 0 Å². The predicted octanol–water partition coefficient (Wildman–Crippen LogP) is 1.96. The van der Waals surface area contributed by atoms with Gasteiger partial charge in [0.2, 0.25) is 0 Å². The molecule has 5 heteroatoms. The Morgan fingerprint density at radius 1 is 1.15 bits per heavy atom. The van der Waals surface area contributed by atoms with Crippen LogP contribution in [0, 0.1) is 0 Å². The number of benzene rings is 2. The van der Waals surface area contributed by atoms with Gasteiger partial charge in [-0.25, -0.2) is 0 Å². The molecule has 0 saturated carbocycles. The Morgan fingerprint density at radius 3 is 2.60 bits per heavy atom. The first-order chi connectivity index (χ1) is 9.50. The van der Waals surface area contributed by atoms with Gasteiger partial charge in [-0.3, -0.25) is 19.6 Å². The number of carbonyl (C=O) groups is 3. The first-order valence-corrected chi connectivity index (χ1v) is 6.12. The van der Waals surface area contributed by atoms with Crippen molar-refractivity contribution in [1.82, 2.24) is 5.06 Å². The minimum atomic E-state index is -0.782. The van der Waals surface area contributed by atoms with Crippen LogP contribution in [0.3, 0.4) is 0 Å². The summed E-state index contributed by atoms with van der Waals surface area (Å²) in [6, 6.07) is 8.49. The van der Waals surface area contributed by atoms with Crippen LogP contribution in [-0.4, -0.2) is 27.9 Å². The lowest BCUT2D eigenvalue weighted by molar-refractivity contribution is -0.116. The number of imide groups is 1. The lowest BCUT2D eigenvalue weighted by atomic mass is 9.90. The van der Waals surface area contributed by atoms with Crippen LogP contribution in [0.4, 0.5) is 0 Å². The average Bonchev–Trinajstić information content (AvgIpc) is 2.42. The van der Waals surface area contributed by atoms with E-state index in [0.717, 1.165) is 5.39 Å². The number of Topliss-reactive ketones (excluding diaryl/α,β-unsaturated/α-hetero) is 1. The number of ketones is 1. The molecule has 5 nitrogen and oxygen atoms in total. The van der Waals surface area contributed by atoms with Crippen LogP contribution in [0.15, 0.2) is 30.3 Å². The summed E-state index contributed by atoms with van der Waals surface area (Å²) >= 11 is 0. The lowest BCUT2D eigenvalue weighted by Crippen LogP contribution is -2.38. The Kier molecular flexibility index (Phi) is 2.65. The summed E-state index contributed by atoms with van der Waals surface area (Å²) in [6.45, 7) is 1.43. The molecule has 0 spiro atoms. The topological polar surface area (TPSA) is 74.7 Å². The van der Waals surface area contributed by atoms with E-state index in [4.69, 9.17) is 0 Å². The number of carbonyl (C=O) groups excluding carboxylic acids is 3. The number of rotatable bonds is 2. The molecule has 0 fully saturated rings. The quantitative estimate of drug-likeness (QED) is 0.668. The van der Waals surface area contributed by atoms with E-state index in [-0.39, 0.29) is 28.4 Å². The zero-order valence-electron chi connectivity index (χ0n) is 10.7. The van der Waals surface area contributed by atoms with Gasteiger partial charge < -0.3 is 0 Å². The van der Waals surface area contributed by atoms with E-state index >= 15 is 0 Å². The summed E-state index contributed by atoms with van der Waals surface area (Å²) < 4.78 is 0. The molecule has 3 rings (SSSR count). The number of hydrogen-bond acceptors (Lipinski definition) is 4. The van der Waals surface area contributed by atoms with Crippen molar-refractivity contribution >= 4 is 28.4 Å². The largest absolute Gasteiger partial charge is 0.300 e. The van der Waals surface area contributed by atoms with Gasteiger partial charge in [-0.1, -0.05) is 24.3 Å². The molecule has 0 aliphatic carbocycles. The second-order valence-electron chi connectivity index (χ2n) is 4.80. The van der Waals surface area contributed by atoms with Crippen LogP contribution in [0.1, 0.15) is 33.2 Å². The molecule has 2 aromatic carbocycles. The maximum atomic E-state index is 12.2. The Labute approximate surface area is 114 Å². The summed E-state index contributed by atoms with van der Waals surface area (Å²) in [7, 11) is 0.